The zero-order chi connectivity index (χ0) is 15.2. The summed E-state index contributed by atoms with van der Waals surface area (Å²) in [6.45, 7) is 0.432. The van der Waals surface area contributed by atoms with Crippen molar-refractivity contribution in [3.63, 3.8) is 0 Å². The van der Waals surface area contributed by atoms with E-state index in [1.54, 1.807) is 24.3 Å². The lowest BCUT2D eigenvalue weighted by Crippen LogP contribution is -2.19. The van der Waals surface area contributed by atoms with Gasteiger partial charge < -0.3 is 9.84 Å². The van der Waals surface area contributed by atoms with Crippen molar-refractivity contribution in [1.82, 2.24) is 5.32 Å². The van der Waals surface area contributed by atoms with Gasteiger partial charge in [0.25, 0.3) is 0 Å². The molecule has 1 unspecified atom stereocenters. The number of methoxy groups -OCH3 is 1. The summed E-state index contributed by atoms with van der Waals surface area (Å²) in [5.74, 6) is 0.0478. The van der Waals surface area contributed by atoms with Crippen molar-refractivity contribution in [2.45, 2.75) is 12.6 Å². The molecule has 0 saturated carbocycles. The van der Waals surface area contributed by atoms with Crippen LogP contribution < -0.4 is 10.1 Å². The maximum Gasteiger partial charge on any atom is 0.160 e. The first-order valence-corrected chi connectivity index (χ1v) is 6.38. The second-order valence-corrected chi connectivity index (χ2v) is 4.50. The van der Waals surface area contributed by atoms with Gasteiger partial charge in [-0.15, -0.1) is 0 Å². The smallest absolute Gasteiger partial charge is 0.160 e. The summed E-state index contributed by atoms with van der Waals surface area (Å²) >= 11 is 0. The monoisotopic (exact) mass is 286 g/mol. The zero-order valence-corrected chi connectivity index (χ0v) is 11.5. The fourth-order valence-electron chi connectivity index (χ4n) is 1.93. The Hall–Kier alpha value is -2.58. The van der Waals surface area contributed by atoms with Crippen LogP contribution in [0.5, 0.6) is 11.5 Å². The van der Waals surface area contributed by atoms with Gasteiger partial charge in [0.15, 0.2) is 11.5 Å². The Kier molecular flexibility index (Phi) is 4.75. The largest absolute Gasteiger partial charge is 0.504 e. The molecule has 2 aromatic rings. The maximum absolute atomic E-state index is 12.8. The zero-order valence-electron chi connectivity index (χ0n) is 11.5. The molecule has 4 nitrogen and oxygen atoms in total. The molecule has 2 N–H and O–H groups in total. The van der Waals surface area contributed by atoms with E-state index in [2.05, 4.69) is 11.4 Å². The number of hydrogen-bond donors (Lipinski definition) is 2. The highest BCUT2D eigenvalue weighted by Crippen LogP contribution is 2.28. The fraction of sp³-hybridized carbons (Fsp3) is 0.188. The van der Waals surface area contributed by atoms with E-state index in [0.29, 0.717) is 17.9 Å². The molecule has 0 aliphatic heterocycles. The molecule has 0 bridgehead atoms. The van der Waals surface area contributed by atoms with Crippen molar-refractivity contribution in [2.24, 2.45) is 0 Å². The molecular formula is C16H15FN2O2. The average Bonchev–Trinajstić information content (AvgIpc) is 2.51. The lowest BCUT2D eigenvalue weighted by Gasteiger charge is -2.13. The summed E-state index contributed by atoms with van der Waals surface area (Å²) in [7, 11) is 1.45. The predicted octanol–water partition coefficient (Wildman–Crippen LogP) is 2.89. The number of benzene rings is 2. The van der Waals surface area contributed by atoms with Crippen molar-refractivity contribution < 1.29 is 14.2 Å². The Labute approximate surface area is 122 Å². The average molecular weight is 286 g/mol. The van der Waals surface area contributed by atoms with Gasteiger partial charge in [0.1, 0.15) is 11.9 Å². The van der Waals surface area contributed by atoms with Crippen LogP contribution in [0.2, 0.25) is 0 Å². The van der Waals surface area contributed by atoms with E-state index in [4.69, 9.17) is 4.74 Å². The van der Waals surface area contributed by atoms with Gasteiger partial charge >= 0.3 is 0 Å². The summed E-state index contributed by atoms with van der Waals surface area (Å²) in [4.78, 5) is 0. The van der Waals surface area contributed by atoms with Gasteiger partial charge in [0.2, 0.25) is 0 Å². The molecule has 2 rings (SSSR count). The molecule has 108 valence electrons. The summed E-state index contributed by atoms with van der Waals surface area (Å²) < 4.78 is 17.9. The van der Waals surface area contributed by atoms with Crippen LogP contribution in [-0.2, 0) is 6.54 Å². The number of nitriles is 1. The quantitative estimate of drug-likeness (QED) is 0.887. The molecule has 0 fully saturated rings. The first-order chi connectivity index (χ1) is 10.1. The summed E-state index contributed by atoms with van der Waals surface area (Å²) in [6, 6.07) is 12.4. The number of aromatic hydroxyl groups is 1. The van der Waals surface area contributed by atoms with Gasteiger partial charge in [-0.25, -0.2) is 4.39 Å². The molecule has 0 aliphatic rings. The molecule has 0 saturated heterocycles. The standard InChI is InChI=1S/C16H15FN2O2/c1-21-16-8-12(4-7-15(16)20)14(9-18)19-10-11-2-5-13(17)6-3-11/h2-8,14,19-20H,10H2,1H3. The van der Waals surface area contributed by atoms with Crippen LogP contribution in [0.1, 0.15) is 17.2 Å². The molecule has 0 aromatic heterocycles. The van der Waals surface area contributed by atoms with Crippen molar-refractivity contribution in [3.05, 3.63) is 59.4 Å². The van der Waals surface area contributed by atoms with Gasteiger partial charge in [-0.05, 0) is 35.4 Å². The SMILES string of the molecule is COc1cc(C(C#N)NCc2ccc(F)cc2)ccc1O. The number of hydrogen-bond acceptors (Lipinski definition) is 4. The number of ether oxygens (including phenoxy) is 1. The van der Waals surface area contributed by atoms with Crippen LogP contribution in [0, 0.1) is 17.1 Å². The maximum atomic E-state index is 12.8. The number of phenols is 1. The second-order valence-electron chi connectivity index (χ2n) is 4.50. The van der Waals surface area contributed by atoms with Gasteiger partial charge in [-0.1, -0.05) is 18.2 Å². The molecule has 21 heavy (non-hydrogen) atoms. The van der Waals surface area contributed by atoms with E-state index < -0.39 is 6.04 Å². The van der Waals surface area contributed by atoms with Crippen molar-refractivity contribution >= 4 is 0 Å². The van der Waals surface area contributed by atoms with Crippen LogP contribution in [0.15, 0.2) is 42.5 Å². The number of halogens is 1. The molecule has 0 radical (unpaired) electrons. The molecule has 0 spiro atoms. The normalized spacial score (nSPS) is 11.7. The van der Waals surface area contributed by atoms with Crippen LogP contribution in [0.25, 0.3) is 0 Å². The summed E-state index contributed by atoms with van der Waals surface area (Å²) in [5.41, 5.74) is 1.57. The van der Waals surface area contributed by atoms with Crippen molar-refractivity contribution in [3.8, 4) is 17.6 Å². The van der Waals surface area contributed by atoms with Crippen molar-refractivity contribution in [2.75, 3.05) is 7.11 Å². The number of nitrogens with one attached hydrogen (secondary N) is 1. The third-order valence-electron chi connectivity index (χ3n) is 3.09. The van der Waals surface area contributed by atoms with Gasteiger partial charge in [0, 0.05) is 6.54 Å². The third-order valence-corrected chi connectivity index (χ3v) is 3.09. The highest BCUT2D eigenvalue weighted by Gasteiger charge is 2.12. The molecular weight excluding hydrogens is 271 g/mol. The predicted molar refractivity (Wildman–Crippen MR) is 76.3 cm³/mol. The van der Waals surface area contributed by atoms with Crippen molar-refractivity contribution in [1.29, 1.82) is 5.26 Å². The van der Waals surface area contributed by atoms with Crippen LogP contribution in [0.4, 0.5) is 4.39 Å². The van der Waals surface area contributed by atoms with E-state index in [0.717, 1.165) is 5.56 Å². The van der Waals surface area contributed by atoms with Crippen LogP contribution >= 0.6 is 0 Å². The van der Waals surface area contributed by atoms with Gasteiger partial charge in [0.05, 0.1) is 13.2 Å². The van der Waals surface area contributed by atoms with E-state index in [1.807, 2.05) is 0 Å². The Balaban J connectivity index is 2.09. The molecule has 0 aliphatic carbocycles. The van der Waals surface area contributed by atoms with E-state index >= 15 is 0 Å². The Morgan fingerprint density at radius 1 is 1.29 bits per heavy atom. The Morgan fingerprint density at radius 3 is 2.62 bits per heavy atom. The Bertz CT molecular complexity index is 650. The molecule has 5 heteroatoms. The third kappa shape index (κ3) is 3.71. The number of rotatable bonds is 5. The topological polar surface area (TPSA) is 65.3 Å². The minimum absolute atomic E-state index is 0.0245. The lowest BCUT2D eigenvalue weighted by atomic mass is 10.1. The highest BCUT2D eigenvalue weighted by molar-refractivity contribution is 5.43. The van der Waals surface area contributed by atoms with E-state index in [1.165, 1.54) is 25.3 Å². The molecule has 2 aromatic carbocycles. The lowest BCUT2D eigenvalue weighted by molar-refractivity contribution is 0.372. The minimum atomic E-state index is -0.551. The highest BCUT2D eigenvalue weighted by atomic mass is 19.1. The number of phenolic OH excluding ortho intramolecular Hbond substituents is 1. The van der Waals surface area contributed by atoms with Crippen LogP contribution in [0.3, 0.4) is 0 Å². The molecule has 1 atom stereocenters. The fourth-order valence-corrected chi connectivity index (χ4v) is 1.93. The number of nitrogens with zero attached hydrogens (tertiary/aromatic N) is 1. The van der Waals surface area contributed by atoms with Crippen LogP contribution in [-0.4, -0.2) is 12.2 Å². The minimum Gasteiger partial charge on any atom is -0.504 e. The van der Waals surface area contributed by atoms with Gasteiger partial charge in [-0.2, -0.15) is 5.26 Å². The Morgan fingerprint density at radius 2 is 2.00 bits per heavy atom. The van der Waals surface area contributed by atoms with E-state index in [-0.39, 0.29) is 11.6 Å². The molecule has 0 heterocycles. The summed E-state index contributed by atoms with van der Waals surface area (Å²) in [6.07, 6.45) is 0. The first kappa shape index (κ1) is 14.8. The summed E-state index contributed by atoms with van der Waals surface area (Å²) in [5, 5.41) is 21.9. The molecule has 0 amide bonds. The van der Waals surface area contributed by atoms with E-state index in [9.17, 15) is 14.8 Å². The van der Waals surface area contributed by atoms with Gasteiger partial charge in [-0.3, -0.25) is 5.32 Å². The second kappa shape index (κ2) is 6.73. The first-order valence-electron chi connectivity index (χ1n) is 6.38.